The maximum Gasteiger partial charge on any atom is 0.339 e. The number of carboxylic acids is 1. The van der Waals surface area contributed by atoms with Gasteiger partial charge < -0.3 is 14.4 Å². The Morgan fingerprint density at radius 2 is 2.28 bits per heavy atom. The predicted octanol–water partition coefficient (Wildman–Crippen LogP) is 1.36. The number of likely N-dealkylation sites (N-methyl/N-ethyl adjacent to an activating group) is 1. The first-order valence-corrected chi connectivity index (χ1v) is 6.17. The highest BCUT2D eigenvalue weighted by atomic mass is 16.4. The van der Waals surface area contributed by atoms with E-state index in [1.54, 1.807) is 0 Å². The van der Waals surface area contributed by atoms with Crippen molar-refractivity contribution < 1.29 is 14.3 Å². The minimum absolute atomic E-state index is 0.274. The lowest BCUT2D eigenvalue weighted by molar-refractivity contribution is 0.0693. The molecule has 2 atom stereocenters. The second kappa shape index (κ2) is 5.12. The average molecular weight is 252 g/mol. The topological polar surface area (TPSA) is 56.9 Å². The Morgan fingerprint density at radius 1 is 1.56 bits per heavy atom. The molecule has 0 bridgehead atoms. The van der Waals surface area contributed by atoms with Crippen LogP contribution in [-0.2, 0) is 6.54 Å². The molecular weight excluding hydrogens is 232 g/mol. The van der Waals surface area contributed by atoms with Crippen molar-refractivity contribution in [1.82, 2.24) is 9.80 Å². The van der Waals surface area contributed by atoms with Crippen LogP contribution in [0.5, 0.6) is 0 Å². The molecule has 0 aliphatic carbocycles. The van der Waals surface area contributed by atoms with Gasteiger partial charge in [-0.25, -0.2) is 4.79 Å². The van der Waals surface area contributed by atoms with Crippen LogP contribution in [0.3, 0.4) is 0 Å². The lowest BCUT2D eigenvalue weighted by Crippen LogP contribution is -2.34. The fraction of sp³-hybridized carbons (Fsp3) is 0.615. The number of hydrogen-bond acceptors (Lipinski definition) is 4. The molecule has 0 amide bonds. The summed E-state index contributed by atoms with van der Waals surface area (Å²) in [5.41, 5.74) is 0.274. The number of aromatic carboxylic acids is 1. The molecule has 1 aromatic rings. The largest absolute Gasteiger partial charge is 0.478 e. The van der Waals surface area contributed by atoms with Crippen molar-refractivity contribution in [3.63, 3.8) is 0 Å². The van der Waals surface area contributed by atoms with E-state index in [9.17, 15) is 4.79 Å². The highest BCUT2D eigenvalue weighted by Crippen LogP contribution is 2.23. The number of furan rings is 1. The Balaban J connectivity index is 2.03. The third-order valence-electron chi connectivity index (χ3n) is 3.65. The Bertz CT molecular complexity index is 428. The summed E-state index contributed by atoms with van der Waals surface area (Å²) >= 11 is 0. The van der Waals surface area contributed by atoms with Crippen LogP contribution in [0.15, 0.2) is 16.7 Å². The lowest BCUT2D eigenvalue weighted by atomic mass is 10.1. The molecule has 1 N–H and O–H groups in total. The zero-order valence-corrected chi connectivity index (χ0v) is 11.1. The highest BCUT2D eigenvalue weighted by Gasteiger charge is 2.31. The summed E-state index contributed by atoms with van der Waals surface area (Å²) in [6.45, 7) is 4.73. The van der Waals surface area contributed by atoms with Gasteiger partial charge in [-0.2, -0.15) is 0 Å². The molecule has 5 nitrogen and oxygen atoms in total. The van der Waals surface area contributed by atoms with Gasteiger partial charge in [0.05, 0.1) is 12.8 Å². The van der Waals surface area contributed by atoms with Crippen molar-refractivity contribution in [2.45, 2.75) is 19.5 Å². The van der Waals surface area contributed by atoms with Gasteiger partial charge in [0, 0.05) is 19.1 Å². The van der Waals surface area contributed by atoms with E-state index < -0.39 is 5.97 Å². The van der Waals surface area contributed by atoms with Crippen LogP contribution in [0.1, 0.15) is 23.0 Å². The zero-order chi connectivity index (χ0) is 13.3. The summed E-state index contributed by atoms with van der Waals surface area (Å²) in [4.78, 5) is 15.5. The Kier molecular flexibility index (Phi) is 3.73. The van der Waals surface area contributed by atoms with Crippen LogP contribution in [0, 0.1) is 5.92 Å². The van der Waals surface area contributed by atoms with E-state index >= 15 is 0 Å². The van der Waals surface area contributed by atoms with Crippen molar-refractivity contribution in [2.75, 3.05) is 27.2 Å². The van der Waals surface area contributed by atoms with Gasteiger partial charge in [0.2, 0.25) is 0 Å². The van der Waals surface area contributed by atoms with Gasteiger partial charge in [-0.05, 0) is 26.1 Å². The van der Waals surface area contributed by atoms with Crippen molar-refractivity contribution in [1.29, 1.82) is 0 Å². The number of carboxylic acid groups (broad SMARTS) is 1. The SMILES string of the molecule is CC1CN(Cc2occc2C(=O)O)CC1N(C)C. The molecule has 2 rings (SSSR count). The summed E-state index contributed by atoms with van der Waals surface area (Å²) in [7, 11) is 4.17. The maximum absolute atomic E-state index is 11.0. The van der Waals surface area contributed by atoms with E-state index in [-0.39, 0.29) is 5.56 Å². The Labute approximate surface area is 107 Å². The van der Waals surface area contributed by atoms with Crippen LogP contribution >= 0.6 is 0 Å². The zero-order valence-electron chi connectivity index (χ0n) is 11.1. The normalized spacial score (nSPS) is 24.9. The second-order valence-corrected chi connectivity index (χ2v) is 5.26. The van der Waals surface area contributed by atoms with E-state index in [2.05, 4.69) is 30.8 Å². The monoisotopic (exact) mass is 252 g/mol. The van der Waals surface area contributed by atoms with Crippen molar-refractivity contribution in [2.24, 2.45) is 5.92 Å². The molecule has 0 radical (unpaired) electrons. The van der Waals surface area contributed by atoms with Gasteiger partial charge in [0.15, 0.2) is 0 Å². The van der Waals surface area contributed by atoms with E-state index in [1.807, 2.05) is 0 Å². The molecule has 5 heteroatoms. The molecule has 2 heterocycles. The van der Waals surface area contributed by atoms with Gasteiger partial charge >= 0.3 is 5.97 Å². The van der Waals surface area contributed by atoms with E-state index in [1.165, 1.54) is 12.3 Å². The van der Waals surface area contributed by atoms with Crippen molar-refractivity contribution in [3.05, 3.63) is 23.7 Å². The third kappa shape index (κ3) is 2.57. The molecule has 1 aliphatic heterocycles. The van der Waals surface area contributed by atoms with Gasteiger partial charge in [-0.15, -0.1) is 0 Å². The van der Waals surface area contributed by atoms with Crippen LogP contribution in [-0.4, -0.2) is 54.1 Å². The lowest BCUT2D eigenvalue weighted by Gasteiger charge is -2.22. The van der Waals surface area contributed by atoms with E-state index in [0.717, 1.165) is 13.1 Å². The number of carbonyl (C=O) groups is 1. The maximum atomic E-state index is 11.0. The summed E-state index contributed by atoms with van der Waals surface area (Å²) in [5, 5.41) is 9.03. The molecule has 0 aromatic carbocycles. The highest BCUT2D eigenvalue weighted by molar-refractivity contribution is 5.88. The predicted molar refractivity (Wildman–Crippen MR) is 67.6 cm³/mol. The molecule has 2 unspecified atom stereocenters. The first kappa shape index (κ1) is 13.1. The van der Waals surface area contributed by atoms with Gasteiger partial charge in [-0.1, -0.05) is 6.92 Å². The van der Waals surface area contributed by atoms with Crippen LogP contribution < -0.4 is 0 Å². The smallest absolute Gasteiger partial charge is 0.339 e. The van der Waals surface area contributed by atoms with Crippen LogP contribution in [0.25, 0.3) is 0 Å². The molecule has 1 aromatic heterocycles. The fourth-order valence-electron chi connectivity index (χ4n) is 2.71. The second-order valence-electron chi connectivity index (χ2n) is 5.26. The molecule has 100 valence electrons. The quantitative estimate of drug-likeness (QED) is 0.877. The first-order chi connectivity index (χ1) is 8.49. The van der Waals surface area contributed by atoms with Crippen molar-refractivity contribution >= 4 is 5.97 Å². The Hall–Kier alpha value is -1.33. The van der Waals surface area contributed by atoms with Gasteiger partial charge in [0.1, 0.15) is 11.3 Å². The summed E-state index contributed by atoms with van der Waals surface area (Å²) < 4.78 is 5.28. The number of likely N-dealkylation sites (tertiary alicyclic amines) is 1. The molecule has 0 saturated carbocycles. The first-order valence-electron chi connectivity index (χ1n) is 6.17. The number of hydrogen-bond donors (Lipinski definition) is 1. The minimum Gasteiger partial charge on any atom is -0.478 e. The average Bonchev–Trinajstić information content (AvgIpc) is 2.85. The van der Waals surface area contributed by atoms with E-state index in [4.69, 9.17) is 9.52 Å². The molecule has 1 fully saturated rings. The molecular formula is C13H20N2O3. The number of nitrogens with zero attached hydrogens (tertiary/aromatic N) is 2. The van der Waals surface area contributed by atoms with Gasteiger partial charge in [0.25, 0.3) is 0 Å². The minimum atomic E-state index is -0.921. The van der Waals surface area contributed by atoms with Crippen LogP contribution in [0.4, 0.5) is 0 Å². The standard InChI is InChI=1S/C13H20N2O3/c1-9-6-15(7-11(9)14(2)3)8-12-10(13(16)17)4-5-18-12/h4-5,9,11H,6-8H2,1-3H3,(H,16,17). The molecule has 1 aliphatic rings. The fourth-order valence-corrected chi connectivity index (χ4v) is 2.71. The van der Waals surface area contributed by atoms with E-state index in [0.29, 0.717) is 24.3 Å². The molecule has 18 heavy (non-hydrogen) atoms. The van der Waals surface area contributed by atoms with Crippen molar-refractivity contribution in [3.8, 4) is 0 Å². The van der Waals surface area contributed by atoms with Crippen LogP contribution in [0.2, 0.25) is 0 Å². The van der Waals surface area contributed by atoms with Gasteiger partial charge in [-0.3, -0.25) is 4.90 Å². The Morgan fingerprint density at radius 3 is 2.83 bits per heavy atom. The molecule has 1 saturated heterocycles. The third-order valence-corrected chi connectivity index (χ3v) is 3.65. The summed E-state index contributed by atoms with van der Waals surface area (Å²) in [6, 6.07) is 2.04. The number of rotatable bonds is 4. The summed E-state index contributed by atoms with van der Waals surface area (Å²) in [5.74, 6) is 0.215. The summed E-state index contributed by atoms with van der Waals surface area (Å²) in [6.07, 6.45) is 1.45. The molecule has 0 spiro atoms.